The number of benzene rings is 2. The fourth-order valence-corrected chi connectivity index (χ4v) is 3.53. The first kappa shape index (κ1) is 25.7. The lowest BCUT2D eigenvalue weighted by Gasteiger charge is -2.15. The molecule has 0 saturated heterocycles. The van der Waals surface area contributed by atoms with Crippen LogP contribution in [0.15, 0.2) is 46.5 Å². The van der Waals surface area contributed by atoms with Crippen LogP contribution in [-0.4, -0.2) is 30.9 Å². The molecule has 9 heteroatoms. The smallest absolute Gasteiger partial charge is 0.267 e. The molecular weight excluding hydrogens is 470 g/mol. The van der Waals surface area contributed by atoms with Crippen molar-refractivity contribution in [3.05, 3.63) is 69.4 Å². The molecule has 1 N–H and O–H groups in total. The second-order valence-corrected chi connectivity index (χ2v) is 8.08. The van der Waals surface area contributed by atoms with Crippen LogP contribution < -0.4 is 19.5 Å². The summed E-state index contributed by atoms with van der Waals surface area (Å²) in [5.74, 6) is 1.66. The molecule has 0 aliphatic carbocycles. The molecule has 182 valence electrons. The van der Waals surface area contributed by atoms with Gasteiger partial charge in [0.25, 0.3) is 5.91 Å². The van der Waals surface area contributed by atoms with Gasteiger partial charge >= 0.3 is 0 Å². The van der Waals surface area contributed by atoms with Crippen LogP contribution in [0.3, 0.4) is 0 Å². The van der Waals surface area contributed by atoms with Gasteiger partial charge in [0.15, 0.2) is 17.3 Å². The van der Waals surface area contributed by atoms with Crippen molar-refractivity contribution >= 4 is 29.4 Å². The maximum Gasteiger partial charge on any atom is 0.267 e. The summed E-state index contributed by atoms with van der Waals surface area (Å²) in [4.78, 5) is 12.5. The van der Waals surface area contributed by atoms with Crippen molar-refractivity contribution in [3.63, 3.8) is 0 Å². The molecule has 0 saturated carbocycles. The highest BCUT2D eigenvalue weighted by Crippen LogP contribution is 2.37. The molecule has 35 heavy (non-hydrogen) atoms. The number of carbonyl (C=O) groups excluding carboxylic acids is 1. The van der Waals surface area contributed by atoms with Crippen LogP contribution in [0.4, 0.5) is 5.82 Å². The maximum absolute atomic E-state index is 12.5. The molecule has 0 unspecified atom stereocenters. The number of nitrogens with zero attached hydrogens (tertiary/aromatic N) is 2. The second kappa shape index (κ2) is 12.0. The minimum atomic E-state index is -0.626. The number of hydrogen-bond acceptors (Lipinski definition) is 7. The number of rotatable bonds is 10. The summed E-state index contributed by atoms with van der Waals surface area (Å²) >= 11 is 6.47. The van der Waals surface area contributed by atoms with Crippen LogP contribution in [-0.2, 0) is 4.79 Å². The van der Waals surface area contributed by atoms with E-state index in [1.54, 1.807) is 25.1 Å². The fraction of sp³-hybridized carbons (Fsp3) is 0.269. The third kappa shape index (κ3) is 7.01. The summed E-state index contributed by atoms with van der Waals surface area (Å²) in [5.41, 5.74) is 2.57. The van der Waals surface area contributed by atoms with E-state index in [9.17, 15) is 10.1 Å². The van der Waals surface area contributed by atoms with Crippen LogP contribution in [0.5, 0.6) is 17.2 Å². The third-order valence-corrected chi connectivity index (χ3v) is 5.08. The standard InChI is InChI=1S/C26H26ClN3O5/c1-5-32-23-14-19(12-20(15-28)26(31)29-24-11-18(4)35-30-24)13-21(27)25(23)34-9-8-33-22-7-6-16(2)10-17(22)3/h6-7,10-14H,5,8-9H2,1-4H3,(H,29,30,31). The number of carbonyl (C=O) groups is 1. The largest absolute Gasteiger partial charge is 0.490 e. The van der Waals surface area contributed by atoms with Gasteiger partial charge in [-0.05, 0) is 63.1 Å². The molecular formula is C26H26ClN3O5. The number of ether oxygens (including phenoxy) is 3. The Morgan fingerprint density at radius 3 is 2.54 bits per heavy atom. The van der Waals surface area contributed by atoms with Crippen molar-refractivity contribution < 1.29 is 23.5 Å². The first-order valence-corrected chi connectivity index (χ1v) is 11.3. The Balaban J connectivity index is 1.72. The molecule has 1 aromatic heterocycles. The number of halogens is 1. The summed E-state index contributed by atoms with van der Waals surface area (Å²) in [6.45, 7) is 8.47. The van der Waals surface area contributed by atoms with E-state index >= 15 is 0 Å². The fourth-order valence-electron chi connectivity index (χ4n) is 3.26. The Bertz CT molecular complexity index is 1280. The number of nitrogens with one attached hydrogen (secondary N) is 1. The Hall–Kier alpha value is -3.96. The number of anilines is 1. The lowest BCUT2D eigenvalue weighted by Crippen LogP contribution is -2.13. The van der Waals surface area contributed by atoms with Crippen molar-refractivity contribution in [1.82, 2.24) is 5.16 Å². The Labute approximate surface area is 209 Å². The number of aryl methyl sites for hydroxylation is 3. The molecule has 0 fully saturated rings. The molecule has 0 radical (unpaired) electrons. The molecule has 0 atom stereocenters. The summed E-state index contributed by atoms with van der Waals surface area (Å²) < 4.78 is 22.3. The molecule has 1 heterocycles. The zero-order chi connectivity index (χ0) is 25.4. The first-order chi connectivity index (χ1) is 16.8. The highest BCUT2D eigenvalue weighted by Gasteiger charge is 2.16. The maximum atomic E-state index is 12.5. The van der Waals surface area contributed by atoms with Crippen LogP contribution >= 0.6 is 11.6 Å². The second-order valence-electron chi connectivity index (χ2n) is 7.68. The van der Waals surface area contributed by atoms with Gasteiger partial charge < -0.3 is 24.1 Å². The van der Waals surface area contributed by atoms with Gasteiger partial charge in [-0.25, -0.2) is 0 Å². The Morgan fingerprint density at radius 1 is 1.11 bits per heavy atom. The highest BCUT2D eigenvalue weighted by molar-refractivity contribution is 6.32. The van der Waals surface area contributed by atoms with Crippen LogP contribution in [0.1, 0.15) is 29.4 Å². The summed E-state index contributed by atoms with van der Waals surface area (Å²) in [6, 6.07) is 12.6. The molecule has 0 bridgehead atoms. The van der Waals surface area contributed by atoms with E-state index in [1.165, 1.54) is 11.6 Å². The molecule has 3 rings (SSSR count). The zero-order valence-corrected chi connectivity index (χ0v) is 20.7. The van der Waals surface area contributed by atoms with Crippen molar-refractivity contribution in [2.45, 2.75) is 27.7 Å². The van der Waals surface area contributed by atoms with Gasteiger partial charge in [-0.2, -0.15) is 5.26 Å². The van der Waals surface area contributed by atoms with Gasteiger partial charge in [0.05, 0.1) is 11.6 Å². The number of hydrogen-bond donors (Lipinski definition) is 1. The monoisotopic (exact) mass is 495 g/mol. The van der Waals surface area contributed by atoms with E-state index in [1.807, 2.05) is 39.0 Å². The van der Waals surface area contributed by atoms with Gasteiger partial charge in [0.2, 0.25) is 0 Å². The predicted molar refractivity (Wildman–Crippen MR) is 133 cm³/mol. The lowest BCUT2D eigenvalue weighted by atomic mass is 10.1. The molecule has 2 aromatic carbocycles. The van der Waals surface area contributed by atoms with Crippen molar-refractivity contribution in [2.24, 2.45) is 0 Å². The molecule has 1 amide bonds. The zero-order valence-electron chi connectivity index (χ0n) is 20.0. The lowest BCUT2D eigenvalue weighted by molar-refractivity contribution is -0.112. The summed E-state index contributed by atoms with van der Waals surface area (Å²) in [7, 11) is 0. The average Bonchev–Trinajstić information content (AvgIpc) is 3.22. The van der Waals surface area contributed by atoms with E-state index in [-0.39, 0.29) is 23.0 Å². The number of nitriles is 1. The van der Waals surface area contributed by atoms with Gasteiger partial charge in [0.1, 0.15) is 36.4 Å². The van der Waals surface area contributed by atoms with E-state index in [2.05, 4.69) is 16.5 Å². The third-order valence-electron chi connectivity index (χ3n) is 4.80. The van der Waals surface area contributed by atoms with Gasteiger partial charge in [-0.1, -0.05) is 34.5 Å². The number of amides is 1. The minimum absolute atomic E-state index is 0.139. The normalized spacial score (nSPS) is 11.0. The van der Waals surface area contributed by atoms with Crippen LogP contribution in [0, 0.1) is 32.1 Å². The SMILES string of the molecule is CCOc1cc(C=C(C#N)C(=O)Nc2cc(C)on2)cc(Cl)c1OCCOc1ccc(C)cc1C. The number of aromatic nitrogens is 1. The van der Waals surface area contributed by atoms with Crippen LogP contribution in [0.25, 0.3) is 6.08 Å². The van der Waals surface area contributed by atoms with Crippen molar-refractivity contribution in [3.8, 4) is 23.3 Å². The Morgan fingerprint density at radius 2 is 1.89 bits per heavy atom. The molecule has 0 aliphatic rings. The average molecular weight is 496 g/mol. The molecule has 0 spiro atoms. The van der Waals surface area contributed by atoms with E-state index < -0.39 is 5.91 Å². The van der Waals surface area contributed by atoms with E-state index in [0.717, 1.165) is 11.3 Å². The van der Waals surface area contributed by atoms with Crippen LogP contribution in [0.2, 0.25) is 5.02 Å². The first-order valence-electron chi connectivity index (χ1n) is 11.0. The Kier molecular flexibility index (Phi) is 8.76. The molecule has 0 aliphatic heterocycles. The topological polar surface area (TPSA) is 107 Å². The van der Waals surface area contributed by atoms with Crippen molar-refractivity contribution in [2.75, 3.05) is 25.1 Å². The van der Waals surface area contributed by atoms with Crippen molar-refractivity contribution in [1.29, 1.82) is 5.26 Å². The summed E-state index contributed by atoms with van der Waals surface area (Å²) in [5, 5.41) is 16.0. The van der Waals surface area contributed by atoms with E-state index in [4.69, 9.17) is 30.3 Å². The minimum Gasteiger partial charge on any atom is -0.490 e. The quantitative estimate of drug-likeness (QED) is 0.220. The van der Waals surface area contributed by atoms with Gasteiger partial charge in [-0.3, -0.25) is 4.79 Å². The molecule has 3 aromatic rings. The highest BCUT2D eigenvalue weighted by atomic mass is 35.5. The van der Waals surface area contributed by atoms with Gasteiger partial charge in [0, 0.05) is 6.07 Å². The predicted octanol–water partition coefficient (Wildman–Crippen LogP) is 5.66. The summed E-state index contributed by atoms with van der Waals surface area (Å²) in [6.07, 6.45) is 1.41. The van der Waals surface area contributed by atoms with E-state index in [0.29, 0.717) is 36.0 Å². The van der Waals surface area contributed by atoms with Gasteiger partial charge in [-0.15, -0.1) is 0 Å². The molecule has 8 nitrogen and oxygen atoms in total.